The Morgan fingerprint density at radius 2 is 1.63 bits per heavy atom. The van der Waals surface area contributed by atoms with Crippen LogP contribution in [-0.2, 0) is 0 Å². The molecule has 8 heteroatoms. The van der Waals surface area contributed by atoms with E-state index in [-0.39, 0.29) is 11.6 Å². The number of halogens is 3. The molecule has 1 saturated carbocycles. The Hall–Kier alpha value is -2.25. The Kier molecular flexibility index (Phi) is 8.84. The Morgan fingerprint density at radius 1 is 1.03 bits per heavy atom. The Bertz CT molecular complexity index is 1250. The van der Waals surface area contributed by atoms with Gasteiger partial charge in [-0.2, -0.15) is 0 Å². The maximum Gasteiger partial charge on any atom is 0.264 e. The number of hydrogen-bond acceptors (Lipinski definition) is 4. The third-order valence-corrected chi connectivity index (χ3v) is 8.52. The molecule has 0 atom stereocenters. The van der Waals surface area contributed by atoms with Gasteiger partial charge in [-0.3, -0.25) is 14.4 Å². The fourth-order valence-electron chi connectivity index (χ4n) is 5.27. The topological polar surface area (TPSA) is 41.6 Å². The quantitative estimate of drug-likeness (QED) is 0.264. The number of likely N-dealkylation sites (tertiary alicyclic amines) is 1. The van der Waals surface area contributed by atoms with Crippen molar-refractivity contribution in [2.45, 2.75) is 37.6 Å². The van der Waals surface area contributed by atoms with Crippen LogP contribution in [0.25, 0.3) is 0 Å². The van der Waals surface area contributed by atoms with E-state index >= 15 is 0 Å². The number of benzene rings is 3. The second-order valence-corrected chi connectivity index (χ2v) is 11.4. The highest BCUT2D eigenvalue weighted by molar-refractivity contribution is 7.97. The number of nitrogens with one attached hydrogen (secondary N) is 1. The molecular weight excluding hydrogens is 542 g/mol. The highest BCUT2D eigenvalue weighted by Crippen LogP contribution is 2.45. The van der Waals surface area contributed by atoms with Crippen molar-refractivity contribution < 1.29 is 13.9 Å². The minimum Gasteiger partial charge on any atom is -0.493 e. The molecule has 1 aliphatic heterocycles. The Morgan fingerprint density at radius 3 is 2.18 bits per heavy atom. The maximum absolute atomic E-state index is 14.8. The number of hydrogen-bond donors (Lipinski definition) is 1. The highest BCUT2D eigenvalue weighted by atomic mass is 35.5. The van der Waals surface area contributed by atoms with Gasteiger partial charge >= 0.3 is 0 Å². The van der Waals surface area contributed by atoms with Gasteiger partial charge in [0.1, 0.15) is 11.6 Å². The minimum atomic E-state index is -0.548. The lowest BCUT2D eigenvalue weighted by atomic mass is 9.91. The summed E-state index contributed by atoms with van der Waals surface area (Å²) in [4.78, 5) is 14.7. The van der Waals surface area contributed by atoms with E-state index in [9.17, 15) is 9.18 Å². The molecule has 1 aliphatic carbocycles. The summed E-state index contributed by atoms with van der Waals surface area (Å²) in [5, 5.41) is 1.46. The zero-order valence-electron chi connectivity index (χ0n) is 21.3. The van der Waals surface area contributed by atoms with Crippen LogP contribution in [0.4, 0.5) is 4.39 Å². The van der Waals surface area contributed by atoms with Crippen LogP contribution in [0.2, 0.25) is 10.0 Å². The van der Waals surface area contributed by atoms with Crippen LogP contribution in [0, 0.1) is 11.7 Å². The normalized spacial score (nSPS) is 16.6. The van der Waals surface area contributed by atoms with E-state index in [0.717, 1.165) is 77.5 Å². The van der Waals surface area contributed by atoms with Gasteiger partial charge in [-0.15, -0.1) is 0 Å². The number of piperidine rings is 1. The van der Waals surface area contributed by atoms with Crippen LogP contribution < -0.4 is 9.46 Å². The van der Waals surface area contributed by atoms with E-state index in [1.54, 1.807) is 12.3 Å². The fourth-order valence-corrected chi connectivity index (χ4v) is 6.05. The van der Waals surface area contributed by atoms with Gasteiger partial charge in [-0.25, -0.2) is 4.39 Å². The summed E-state index contributed by atoms with van der Waals surface area (Å²) < 4.78 is 23.6. The van der Waals surface area contributed by atoms with E-state index < -0.39 is 11.7 Å². The van der Waals surface area contributed by atoms with E-state index in [0.29, 0.717) is 24.2 Å². The molecule has 0 spiro atoms. The summed E-state index contributed by atoms with van der Waals surface area (Å²) in [5.41, 5.74) is 3.11. The molecule has 38 heavy (non-hydrogen) atoms. The lowest BCUT2D eigenvalue weighted by Gasteiger charge is -2.38. The maximum atomic E-state index is 14.8. The molecule has 4 nitrogen and oxygen atoms in total. The van der Waals surface area contributed by atoms with Crippen LogP contribution in [0.3, 0.4) is 0 Å². The van der Waals surface area contributed by atoms with Crippen LogP contribution in [0.15, 0.2) is 60.7 Å². The molecule has 1 heterocycles. The monoisotopic (exact) mass is 572 g/mol. The van der Waals surface area contributed by atoms with Crippen LogP contribution >= 0.6 is 35.1 Å². The van der Waals surface area contributed by atoms with Gasteiger partial charge in [0.2, 0.25) is 0 Å². The van der Waals surface area contributed by atoms with E-state index in [1.165, 1.54) is 6.07 Å². The SMILES string of the molecule is CSNC(=O)c1cc(C2CC2)c(OCC2CCN(C(c3ccccc3Cl)c3ccccc3Cl)CC2)cc1F. The number of nitrogens with zero attached hydrogens (tertiary/aromatic N) is 1. The molecule has 0 unspecified atom stereocenters. The molecule has 0 bridgehead atoms. The molecule has 2 aliphatic rings. The van der Waals surface area contributed by atoms with Crippen molar-refractivity contribution in [3.05, 3.63) is 98.8 Å². The second-order valence-electron chi connectivity index (χ2n) is 10.0. The van der Waals surface area contributed by atoms with Gasteiger partial charge < -0.3 is 4.74 Å². The van der Waals surface area contributed by atoms with Gasteiger partial charge in [0.25, 0.3) is 5.91 Å². The zero-order chi connectivity index (χ0) is 26.6. The van der Waals surface area contributed by atoms with Crippen molar-refractivity contribution >= 4 is 41.1 Å². The molecule has 0 radical (unpaired) electrons. The lowest BCUT2D eigenvalue weighted by Crippen LogP contribution is -2.38. The van der Waals surface area contributed by atoms with Crippen molar-refractivity contribution in [1.82, 2.24) is 9.62 Å². The molecule has 1 amide bonds. The largest absolute Gasteiger partial charge is 0.493 e. The zero-order valence-corrected chi connectivity index (χ0v) is 23.6. The smallest absolute Gasteiger partial charge is 0.264 e. The third kappa shape index (κ3) is 6.15. The van der Waals surface area contributed by atoms with Gasteiger partial charge in [-0.05, 0) is 85.5 Å². The molecule has 1 N–H and O–H groups in total. The summed E-state index contributed by atoms with van der Waals surface area (Å²) in [6, 6.07) is 18.9. The molecule has 2 fully saturated rings. The van der Waals surface area contributed by atoms with Gasteiger partial charge in [-0.1, -0.05) is 71.5 Å². The standard InChI is InChI=1S/C30H31Cl2FN2O2S/c1-38-34-30(36)24-16-23(20-10-11-20)28(17-27(24)33)37-18-19-12-14-35(15-13-19)29(21-6-2-4-8-25(21)31)22-7-3-5-9-26(22)32/h2-9,16-17,19-20,29H,10-15,18H2,1H3,(H,34,36). The van der Waals surface area contributed by atoms with Gasteiger partial charge in [0.15, 0.2) is 0 Å². The van der Waals surface area contributed by atoms with E-state index in [2.05, 4.69) is 21.8 Å². The van der Waals surface area contributed by atoms with Crippen LogP contribution in [0.1, 0.15) is 64.7 Å². The summed E-state index contributed by atoms with van der Waals surface area (Å²) in [6.45, 7) is 2.26. The van der Waals surface area contributed by atoms with Crippen molar-refractivity contribution in [3.8, 4) is 5.75 Å². The summed E-state index contributed by atoms with van der Waals surface area (Å²) in [5.74, 6) is 0.285. The van der Waals surface area contributed by atoms with Gasteiger partial charge in [0, 0.05) is 22.4 Å². The predicted molar refractivity (Wildman–Crippen MR) is 154 cm³/mol. The van der Waals surface area contributed by atoms with Crippen molar-refractivity contribution in [2.75, 3.05) is 26.0 Å². The highest BCUT2D eigenvalue weighted by Gasteiger charge is 2.32. The average molecular weight is 574 g/mol. The first-order valence-electron chi connectivity index (χ1n) is 13.0. The first-order valence-corrected chi connectivity index (χ1v) is 15.0. The first kappa shape index (κ1) is 27.3. The fraction of sp³-hybridized carbons (Fsp3) is 0.367. The third-order valence-electron chi connectivity index (χ3n) is 7.44. The van der Waals surface area contributed by atoms with Gasteiger partial charge in [0.05, 0.1) is 18.2 Å². The molecule has 200 valence electrons. The lowest BCUT2D eigenvalue weighted by molar-refractivity contribution is 0.0980. The summed E-state index contributed by atoms with van der Waals surface area (Å²) >= 11 is 14.5. The Balaban J connectivity index is 1.28. The van der Waals surface area contributed by atoms with Crippen LogP contribution in [0.5, 0.6) is 5.75 Å². The number of carbonyl (C=O) groups is 1. The summed E-state index contributed by atoms with van der Waals surface area (Å²) in [7, 11) is 0. The predicted octanol–water partition coefficient (Wildman–Crippen LogP) is 7.90. The van der Waals surface area contributed by atoms with Crippen molar-refractivity contribution in [1.29, 1.82) is 0 Å². The van der Waals surface area contributed by atoms with Crippen LogP contribution in [-0.4, -0.2) is 36.8 Å². The molecule has 3 aromatic rings. The average Bonchev–Trinajstić information content (AvgIpc) is 3.76. The first-order chi connectivity index (χ1) is 18.5. The van der Waals surface area contributed by atoms with E-state index in [4.69, 9.17) is 27.9 Å². The molecular formula is C30H31Cl2FN2O2S. The number of ether oxygens (including phenoxy) is 1. The second kappa shape index (κ2) is 12.3. The number of carbonyl (C=O) groups excluding carboxylic acids is 1. The number of amides is 1. The van der Waals surface area contributed by atoms with Crippen molar-refractivity contribution in [2.24, 2.45) is 5.92 Å². The van der Waals surface area contributed by atoms with E-state index in [1.807, 2.05) is 36.4 Å². The Labute approximate surface area is 238 Å². The molecule has 0 aromatic heterocycles. The van der Waals surface area contributed by atoms with Crippen molar-refractivity contribution in [3.63, 3.8) is 0 Å². The minimum absolute atomic E-state index is 0.0326. The summed E-state index contributed by atoms with van der Waals surface area (Å²) in [6.07, 6.45) is 5.71. The number of rotatable bonds is 9. The molecule has 1 saturated heterocycles. The molecule has 3 aromatic carbocycles. The molecule has 5 rings (SSSR count).